The quantitative estimate of drug-likeness (QED) is 0.722. The lowest BCUT2D eigenvalue weighted by Gasteiger charge is -2.34. The summed E-state index contributed by atoms with van der Waals surface area (Å²) >= 11 is 0. The van der Waals surface area contributed by atoms with Gasteiger partial charge in [0.1, 0.15) is 0 Å². The Kier molecular flexibility index (Phi) is 6.29. The Bertz CT molecular complexity index is 924. The summed E-state index contributed by atoms with van der Waals surface area (Å²) in [6.07, 6.45) is 1.61. The average molecular weight is 393 g/mol. The Balaban J connectivity index is 2.70. The second kappa shape index (κ2) is 7.96. The smallest absolute Gasteiger partial charge is 0.244 e. The molecule has 2 aromatic rings. The zero-order chi connectivity index (χ0) is 20.4. The van der Waals surface area contributed by atoms with E-state index in [-0.39, 0.29) is 11.5 Å². The normalized spacial score (nSPS) is 12.4. The molecule has 0 aliphatic rings. The summed E-state index contributed by atoms with van der Waals surface area (Å²) in [4.78, 5) is 4.37. The molecule has 0 amide bonds. The van der Waals surface area contributed by atoms with Crippen LogP contribution in [0.25, 0.3) is 11.1 Å². The van der Waals surface area contributed by atoms with Crippen molar-refractivity contribution in [3.8, 4) is 17.0 Å². The fraction of sp³-hybridized carbons (Fsp3) is 0.450. The zero-order valence-electron chi connectivity index (χ0n) is 17.0. The highest BCUT2D eigenvalue weighted by atomic mass is 32.2. The van der Waals surface area contributed by atoms with Gasteiger partial charge >= 0.3 is 0 Å². The number of aromatic nitrogens is 1. The number of pyridine rings is 1. The van der Waals surface area contributed by atoms with E-state index in [0.717, 1.165) is 16.7 Å². The molecule has 0 unspecified atom stereocenters. The van der Waals surface area contributed by atoms with Crippen molar-refractivity contribution < 1.29 is 17.9 Å². The van der Waals surface area contributed by atoms with Crippen molar-refractivity contribution in [3.05, 3.63) is 41.6 Å². The molecule has 0 fully saturated rings. The molecule has 148 valence electrons. The number of benzene rings is 1. The minimum atomic E-state index is -3.76. The minimum absolute atomic E-state index is 0.255. The molecule has 6 nitrogen and oxygen atoms in total. The maximum absolute atomic E-state index is 13.5. The summed E-state index contributed by atoms with van der Waals surface area (Å²) < 4.78 is 38.8. The lowest BCUT2D eigenvalue weighted by molar-refractivity contribution is 0.0936. The summed E-state index contributed by atoms with van der Waals surface area (Å²) in [7, 11) is 0.915. The first kappa shape index (κ1) is 21.3. The monoisotopic (exact) mass is 392 g/mol. The fourth-order valence-corrected chi connectivity index (χ4v) is 4.61. The van der Waals surface area contributed by atoms with Gasteiger partial charge in [-0.25, -0.2) is 13.4 Å². The molecule has 0 atom stereocenters. The number of hydrogen-bond acceptors (Lipinski definition) is 5. The van der Waals surface area contributed by atoms with Crippen molar-refractivity contribution in [2.45, 2.75) is 38.1 Å². The Morgan fingerprint density at radius 1 is 1.11 bits per heavy atom. The summed E-state index contributed by atoms with van der Waals surface area (Å²) in [5.41, 5.74) is 2.59. The maximum atomic E-state index is 13.5. The van der Waals surface area contributed by atoms with Crippen LogP contribution in [0.2, 0.25) is 0 Å². The number of nitrogens with zero attached hydrogens (tertiary/aromatic N) is 2. The van der Waals surface area contributed by atoms with Gasteiger partial charge in [0.05, 0.1) is 24.2 Å². The van der Waals surface area contributed by atoms with Gasteiger partial charge in [0.15, 0.2) is 0 Å². The fourth-order valence-electron chi connectivity index (χ4n) is 2.83. The number of sulfonamides is 1. The number of hydrogen-bond donors (Lipinski definition) is 0. The van der Waals surface area contributed by atoms with Crippen LogP contribution in [0.1, 0.15) is 25.0 Å². The SMILES string of the molecule is COCC(C)(C)N(C)S(=O)(=O)c1cc(C)c(C)cc1-c1ccnc(OC)c1. The van der Waals surface area contributed by atoms with Crippen molar-refractivity contribution in [1.82, 2.24) is 9.29 Å². The Labute approximate surface area is 162 Å². The van der Waals surface area contributed by atoms with E-state index < -0.39 is 15.6 Å². The summed E-state index contributed by atoms with van der Waals surface area (Å²) in [5.74, 6) is 0.433. The van der Waals surface area contributed by atoms with Crippen LogP contribution in [-0.4, -0.2) is 51.1 Å². The van der Waals surface area contributed by atoms with Gasteiger partial charge in [-0.05, 0) is 62.6 Å². The van der Waals surface area contributed by atoms with E-state index in [1.807, 2.05) is 33.8 Å². The topological polar surface area (TPSA) is 68.7 Å². The lowest BCUT2D eigenvalue weighted by atomic mass is 10.0. The van der Waals surface area contributed by atoms with Gasteiger partial charge in [-0.2, -0.15) is 4.31 Å². The van der Waals surface area contributed by atoms with Gasteiger partial charge in [0, 0.05) is 32.0 Å². The van der Waals surface area contributed by atoms with Crippen molar-refractivity contribution in [2.24, 2.45) is 0 Å². The number of likely N-dealkylation sites (N-methyl/N-ethyl adjacent to an activating group) is 1. The van der Waals surface area contributed by atoms with Gasteiger partial charge in [-0.15, -0.1) is 0 Å². The number of methoxy groups -OCH3 is 2. The highest BCUT2D eigenvalue weighted by Gasteiger charge is 2.35. The molecule has 0 aliphatic carbocycles. The first-order chi connectivity index (χ1) is 12.5. The van der Waals surface area contributed by atoms with Crippen LogP contribution in [0.5, 0.6) is 5.88 Å². The Morgan fingerprint density at radius 3 is 2.33 bits per heavy atom. The molecule has 0 N–H and O–H groups in total. The van der Waals surface area contributed by atoms with Crippen LogP contribution in [0.15, 0.2) is 35.4 Å². The molecule has 0 saturated carbocycles. The number of aryl methyl sites for hydroxylation is 2. The highest BCUT2D eigenvalue weighted by Crippen LogP contribution is 2.34. The molecule has 27 heavy (non-hydrogen) atoms. The van der Waals surface area contributed by atoms with E-state index in [1.165, 1.54) is 11.4 Å². The predicted octanol–water partition coefficient (Wildman–Crippen LogP) is 3.42. The minimum Gasteiger partial charge on any atom is -0.481 e. The van der Waals surface area contributed by atoms with E-state index in [1.54, 1.807) is 38.6 Å². The third-order valence-corrected chi connectivity index (χ3v) is 6.95. The van der Waals surface area contributed by atoms with Crippen LogP contribution in [0.3, 0.4) is 0 Å². The van der Waals surface area contributed by atoms with E-state index >= 15 is 0 Å². The zero-order valence-corrected chi connectivity index (χ0v) is 17.8. The van der Waals surface area contributed by atoms with Crippen molar-refractivity contribution in [3.63, 3.8) is 0 Å². The van der Waals surface area contributed by atoms with Gasteiger partial charge in [0.25, 0.3) is 0 Å². The van der Waals surface area contributed by atoms with Crippen LogP contribution < -0.4 is 4.74 Å². The molecular weight excluding hydrogens is 364 g/mol. The maximum Gasteiger partial charge on any atom is 0.244 e. The van der Waals surface area contributed by atoms with Gasteiger partial charge in [0.2, 0.25) is 15.9 Å². The van der Waals surface area contributed by atoms with Crippen LogP contribution >= 0.6 is 0 Å². The van der Waals surface area contributed by atoms with E-state index in [4.69, 9.17) is 9.47 Å². The molecule has 0 saturated heterocycles. The standard InChI is InChI=1S/C20H28N2O4S/c1-14-10-17(16-8-9-21-19(12-16)26-7)18(11-15(14)2)27(23,24)22(5)20(3,4)13-25-6/h8-12H,13H2,1-7H3. The van der Waals surface area contributed by atoms with Gasteiger partial charge in [-0.1, -0.05) is 0 Å². The summed E-state index contributed by atoms with van der Waals surface area (Å²) in [6.45, 7) is 7.83. The molecule has 0 radical (unpaired) electrons. The Hall–Kier alpha value is -1.96. The second-order valence-electron chi connectivity index (χ2n) is 7.24. The molecule has 1 heterocycles. The van der Waals surface area contributed by atoms with Crippen LogP contribution in [-0.2, 0) is 14.8 Å². The Morgan fingerprint density at radius 2 is 1.74 bits per heavy atom. The molecule has 7 heteroatoms. The molecule has 0 bridgehead atoms. The predicted molar refractivity (Wildman–Crippen MR) is 107 cm³/mol. The third-order valence-electron chi connectivity index (χ3n) is 4.84. The summed E-state index contributed by atoms with van der Waals surface area (Å²) in [6, 6.07) is 7.15. The van der Waals surface area contributed by atoms with Crippen molar-refractivity contribution >= 4 is 10.0 Å². The van der Waals surface area contributed by atoms with E-state index in [9.17, 15) is 8.42 Å². The molecule has 1 aromatic heterocycles. The first-order valence-corrected chi connectivity index (χ1v) is 10.1. The lowest BCUT2D eigenvalue weighted by Crippen LogP contribution is -2.48. The van der Waals surface area contributed by atoms with E-state index in [2.05, 4.69) is 4.98 Å². The molecular formula is C20H28N2O4S. The average Bonchev–Trinajstić information content (AvgIpc) is 2.62. The van der Waals surface area contributed by atoms with Crippen LogP contribution in [0, 0.1) is 13.8 Å². The molecule has 2 rings (SSSR count). The van der Waals surface area contributed by atoms with E-state index in [0.29, 0.717) is 11.4 Å². The summed E-state index contributed by atoms with van der Waals surface area (Å²) in [5, 5.41) is 0. The highest BCUT2D eigenvalue weighted by molar-refractivity contribution is 7.89. The van der Waals surface area contributed by atoms with Crippen molar-refractivity contribution in [2.75, 3.05) is 27.9 Å². The second-order valence-corrected chi connectivity index (χ2v) is 9.18. The number of rotatable bonds is 7. The molecule has 1 aromatic carbocycles. The first-order valence-electron chi connectivity index (χ1n) is 8.64. The third kappa shape index (κ3) is 4.31. The van der Waals surface area contributed by atoms with Gasteiger partial charge < -0.3 is 9.47 Å². The largest absolute Gasteiger partial charge is 0.481 e. The van der Waals surface area contributed by atoms with Crippen molar-refractivity contribution in [1.29, 1.82) is 0 Å². The molecule has 0 spiro atoms. The number of ether oxygens (including phenoxy) is 2. The van der Waals surface area contributed by atoms with Crippen LogP contribution in [0.4, 0.5) is 0 Å². The molecule has 0 aliphatic heterocycles. The van der Waals surface area contributed by atoms with Gasteiger partial charge in [-0.3, -0.25) is 0 Å².